The maximum Gasteiger partial charge on any atom is 0.327 e. The number of hydrogen-bond acceptors (Lipinski definition) is 4. The van der Waals surface area contributed by atoms with E-state index in [1.54, 1.807) is 0 Å². The number of amides is 3. The van der Waals surface area contributed by atoms with Gasteiger partial charge in [0.2, 0.25) is 0 Å². The summed E-state index contributed by atoms with van der Waals surface area (Å²) in [4.78, 5) is 33.6. The Kier molecular flexibility index (Phi) is 5.63. The van der Waals surface area contributed by atoms with Crippen LogP contribution in [0.3, 0.4) is 0 Å². The van der Waals surface area contributed by atoms with Gasteiger partial charge in [-0.15, -0.1) is 0 Å². The number of hydrogen-bond donors (Lipinski definition) is 0. The van der Waals surface area contributed by atoms with Gasteiger partial charge in [-0.1, -0.05) is 30.3 Å². The fourth-order valence-corrected chi connectivity index (χ4v) is 4.12. The molecule has 142 valence electrons. The Morgan fingerprint density at radius 2 is 1.73 bits per heavy atom. The van der Waals surface area contributed by atoms with E-state index in [0.29, 0.717) is 19.6 Å². The minimum absolute atomic E-state index is 0.00515. The Balaban J connectivity index is 1.69. The molecule has 6 heteroatoms. The first kappa shape index (κ1) is 18.9. The van der Waals surface area contributed by atoms with Gasteiger partial charge in [0.25, 0.3) is 5.91 Å². The van der Waals surface area contributed by atoms with Crippen molar-refractivity contribution in [2.45, 2.75) is 31.8 Å². The monoisotopic (exact) mass is 358 g/mol. The molecule has 2 aliphatic heterocycles. The Morgan fingerprint density at radius 3 is 2.31 bits per heavy atom. The van der Waals surface area contributed by atoms with Crippen molar-refractivity contribution in [1.29, 1.82) is 0 Å². The lowest BCUT2D eigenvalue weighted by Gasteiger charge is -2.42. The molecule has 2 aliphatic rings. The van der Waals surface area contributed by atoms with Crippen molar-refractivity contribution in [3.05, 3.63) is 35.9 Å². The molecule has 3 amide bonds. The molecular formula is C20H30N4O2. The lowest BCUT2D eigenvalue weighted by molar-refractivity contribution is -0.135. The predicted octanol–water partition coefficient (Wildman–Crippen LogP) is 1.87. The second-order valence-electron chi connectivity index (χ2n) is 7.58. The third-order valence-corrected chi connectivity index (χ3v) is 5.64. The van der Waals surface area contributed by atoms with E-state index >= 15 is 0 Å². The molecule has 0 N–H and O–H groups in total. The minimum atomic E-state index is -0.634. The van der Waals surface area contributed by atoms with Crippen molar-refractivity contribution in [2.75, 3.05) is 46.8 Å². The van der Waals surface area contributed by atoms with Crippen molar-refractivity contribution in [2.24, 2.45) is 0 Å². The molecule has 1 aromatic rings. The van der Waals surface area contributed by atoms with Crippen molar-refractivity contribution < 1.29 is 9.59 Å². The van der Waals surface area contributed by atoms with E-state index in [0.717, 1.165) is 32.5 Å². The van der Waals surface area contributed by atoms with Crippen molar-refractivity contribution in [1.82, 2.24) is 19.6 Å². The summed E-state index contributed by atoms with van der Waals surface area (Å²) < 4.78 is 0. The van der Waals surface area contributed by atoms with E-state index in [4.69, 9.17) is 0 Å². The van der Waals surface area contributed by atoms with Crippen LogP contribution in [0.2, 0.25) is 0 Å². The number of carbonyl (C=O) groups is 2. The maximum atomic E-state index is 13.2. The van der Waals surface area contributed by atoms with Crippen LogP contribution in [0.25, 0.3) is 0 Å². The first-order valence-corrected chi connectivity index (χ1v) is 9.52. The van der Waals surface area contributed by atoms with Gasteiger partial charge in [0.1, 0.15) is 5.54 Å². The van der Waals surface area contributed by atoms with Gasteiger partial charge < -0.3 is 9.80 Å². The lowest BCUT2D eigenvalue weighted by Crippen LogP contribution is -2.56. The van der Waals surface area contributed by atoms with E-state index in [1.807, 2.05) is 36.9 Å². The van der Waals surface area contributed by atoms with Gasteiger partial charge in [-0.05, 0) is 39.4 Å². The molecule has 1 aromatic carbocycles. The van der Waals surface area contributed by atoms with Crippen LogP contribution in [0.1, 0.15) is 25.3 Å². The van der Waals surface area contributed by atoms with E-state index in [2.05, 4.69) is 29.2 Å². The third-order valence-electron chi connectivity index (χ3n) is 5.64. The molecule has 0 atom stereocenters. The number of likely N-dealkylation sites (tertiary alicyclic amines) is 1. The van der Waals surface area contributed by atoms with E-state index in [-0.39, 0.29) is 11.9 Å². The average Bonchev–Trinajstić information content (AvgIpc) is 2.83. The van der Waals surface area contributed by atoms with Crippen LogP contribution in [0.5, 0.6) is 0 Å². The van der Waals surface area contributed by atoms with Crippen LogP contribution in [0, 0.1) is 0 Å². The fraction of sp³-hybridized carbons (Fsp3) is 0.600. The zero-order valence-electron chi connectivity index (χ0n) is 16.1. The first-order chi connectivity index (χ1) is 12.5. The molecule has 2 fully saturated rings. The second kappa shape index (κ2) is 7.76. The predicted molar refractivity (Wildman–Crippen MR) is 102 cm³/mol. The molecule has 0 radical (unpaired) electrons. The molecule has 2 heterocycles. The summed E-state index contributed by atoms with van der Waals surface area (Å²) in [6.45, 7) is 6.30. The molecule has 0 bridgehead atoms. The number of likely N-dealkylation sites (N-methyl/N-ethyl adjacent to an activating group) is 2. The van der Waals surface area contributed by atoms with E-state index < -0.39 is 5.54 Å². The topological polar surface area (TPSA) is 47.1 Å². The van der Waals surface area contributed by atoms with Crippen LogP contribution >= 0.6 is 0 Å². The van der Waals surface area contributed by atoms with Gasteiger partial charge in [0.15, 0.2) is 0 Å². The molecular weight excluding hydrogens is 328 g/mol. The lowest BCUT2D eigenvalue weighted by atomic mass is 9.85. The maximum absolute atomic E-state index is 13.2. The molecule has 0 aliphatic carbocycles. The number of rotatable bonds is 6. The smallest absolute Gasteiger partial charge is 0.310 e. The molecule has 26 heavy (non-hydrogen) atoms. The zero-order chi connectivity index (χ0) is 18.7. The van der Waals surface area contributed by atoms with Gasteiger partial charge in [-0.2, -0.15) is 0 Å². The van der Waals surface area contributed by atoms with Crippen LogP contribution in [-0.2, 0) is 11.3 Å². The van der Waals surface area contributed by atoms with E-state index in [9.17, 15) is 9.59 Å². The Labute approximate surface area is 156 Å². The highest BCUT2D eigenvalue weighted by Gasteiger charge is 2.57. The number of nitrogens with zero attached hydrogens (tertiary/aromatic N) is 4. The SMILES string of the molecule is CCN1C(=O)N(CCN(C)C)C(=O)C12CCN(Cc1ccccc1)CC2. The zero-order valence-corrected chi connectivity index (χ0v) is 16.1. The molecule has 2 saturated heterocycles. The van der Waals surface area contributed by atoms with Crippen LogP contribution < -0.4 is 0 Å². The van der Waals surface area contributed by atoms with Gasteiger partial charge in [-0.3, -0.25) is 14.6 Å². The number of carbonyl (C=O) groups excluding carboxylic acids is 2. The molecule has 0 aromatic heterocycles. The summed E-state index contributed by atoms with van der Waals surface area (Å²) in [5.41, 5.74) is 0.656. The van der Waals surface area contributed by atoms with Gasteiger partial charge in [-0.25, -0.2) is 4.79 Å². The summed E-state index contributed by atoms with van der Waals surface area (Å²) in [7, 11) is 3.92. The number of benzene rings is 1. The molecule has 0 saturated carbocycles. The summed E-state index contributed by atoms with van der Waals surface area (Å²) >= 11 is 0. The van der Waals surface area contributed by atoms with Crippen LogP contribution in [0.4, 0.5) is 4.79 Å². The van der Waals surface area contributed by atoms with Crippen LogP contribution in [0.15, 0.2) is 30.3 Å². The van der Waals surface area contributed by atoms with Gasteiger partial charge >= 0.3 is 6.03 Å². The van der Waals surface area contributed by atoms with Crippen molar-refractivity contribution >= 4 is 11.9 Å². The van der Waals surface area contributed by atoms with E-state index in [1.165, 1.54) is 10.5 Å². The normalized spacial score (nSPS) is 20.6. The largest absolute Gasteiger partial charge is 0.327 e. The summed E-state index contributed by atoms with van der Waals surface area (Å²) in [5.74, 6) is 0.00515. The summed E-state index contributed by atoms with van der Waals surface area (Å²) in [6.07, 6.45) is 1.44. The second-order valence-corrected chi connectivity index (χ2v) is 7.58. The minimum Gasteiger partial charge on any atom is -0.310 e. The van der Waals surface area contributed by atoms with Crippen LogP contribution in [-0.4, -0.2) is 83.9 Å². The average molecular weight is 358 g/mol. The molecule has 3 rings (SSSR count). The number of piperidine rings is 1. The highest BCUT2D eigenvalue weighted by atomic mass is 16.2. The molecule has 6 nitrogen and oxygen atoms in total. The highest BCUT2D eigenvalue weighted by molar-refractivity contribution is 6.07. The Bertz CT molecular complexity index is 638. The molecule has 0 unspecified atom stereocenters. The molecule has 1 spiro atoms. The summed E-state index contributed by atoms with van der Waals surface area (Å²) in [5, 5.41) is 0. The number of urea groups is 1. The first-order valence-electron chi connectivity index (χ1n) is 9.52. The van der Waals surface area contributed by atoms with Crippen molar-refractivity contribution in [3.63, 3.8) is 0 Å². The van der Waals surface area contributed by atoms with Gasteiger partial charge in [0, 0.05) is 39.3 Å². The summed E-state index contributed by atoms with van der Waals surface area (Å²) in [6, 6.07) is 10.3. The Morgan fingerprint density at radius 1 is 1.08 bits per heavy atom. The number of imide groups is 1. The van der Waals surface area contributed by atoms with Gasteiger partial charge in [0.05, 0.1) is 0 Å². The van der Waals surface area contributed by atoms with Crippen molar-refractivity contribution in [3.8, 4) is 0 Å². The fourth-order valence-electron chi connectivity index (χ4n) is 4.12. The standard InChI is InChI=1S/C20H30N4O2/c1-4-24-19(26)23(15-14-21(2)3)18(25)20(24)10-12-22(13-11-20)16-17-8-6-5-7-9-17/h5-9H,4,10-16H2,1-3H3. The third kappa shape index (κ3) is 3.48. The Hall–Kier alpha value is -1.92. The quantitative estimate of drug-likeness (QED) is 0.729. The highest BCUT2D eigenvalue weighted by Crippen LogP contribution is 2.37.